The first-order valence-electron chi connectivity index (χ1n) is 25.5. The molecular formula is C55H94O6. The molecule has 0 aromatic heterocycles. The average Bonchev–Trinajstić information content (AvgIpc) is 3.26. The second kappa shape index (κ2) is 49.5. The summed E-state index contributed by atoms with van der Waals surface area (Å²) in [5, 5.41) is 0. The number of hydrogen-bond donors (Lipinski definition) is 0. The van der Waals surface area contributed by atoms with Crippen LogP contribution in [0.4, 0.5) is 0 Å². The standard InChI is InChI=1S/C55H94O6/c1-4-7-10-13-16-19-22-25-27-30-33-36-39-42-45-48-54(57)60-51-52(50-59-53(56)47-44-41-38-35-32-29-24-21-18-15-12-9-6-3)61-55(58)49-46-43-40-37-34-31-28-26-23-20-17-14-11-8-5-2/h9,12,15-16,18-25,52H,4-8,10-11,13-14,17,26-51H2,1-3H3/b12-9+,18-15+,19-16+,23-20+,24-21+,25-22+. The average molecular weight is 851 g/mol. The van der Waals surface area contributed by atoms with E-state index >= 15 is 0 Å². The van der Waals surface area contributed by atoms with Crippen LogP contribution in [0.25, 0.3) is 0 Å². The normalized spacial score (nSPS) is 12.6. The van der Waals surface area contributed by atoms with E-state index in [0.717, 1.165) is 89.9 Å². The van der Waals surface area contributed by atoms with E-state index in [0.29, 0.717) is 19.3 Å². The maximum Gasteiger partial charge on any atom is 0.306 e. The molecule has 0 aliphatic carbocycles. The summed E-state index contributed by atoms with van der Waals surface area (Å²) in [5.41, 5.74) is 0. The number of unbranched alkanes of at least 4 members (excludes halogenated alkanes) is 25. The van der Waals surface area contributed by atoms with Crippen molar-refractivity contribution in [1.29, 1.82) is 0 Å². The van der Waals surface area contributed by atoms with Crippen LogP contribution < -0.4 is 0 Å². The van der Waals surface area contributed by atoms with Gasteiger partial charge in [0.2, 0.25) is 0 Å². The maximum atomic E-state index is 12.8. The zero-order valence-electron chi connectivity index (χ0n) is 39.9. The lowest BCUT2D eigenvalue weighted by atomic mass is 10.1. The molecule has 350 valence electrons. The lowest BCUT2D eigenvalue weighted by molar-refractivity contribution is -0.167. The number of carbonyl (C=O) groups is 3. The van der Waals surface area contributed by atoms with Crippen LogP contribution in [0.3, 0.4) is 0 Å². The highest BCUT2D eigenvalue weighted by Crippen LogP contribution is 2.14. The van der Waals surface area contributed by atoms with Crippen molar-refractivity contribution in [3.8, 4) is 0 Å². The predicted octanol–water partition coefficient (Wildman–Crippen LogP) is 16.6. The number of carbonyl (C=O) groups excluding carboxylic acids is 3. The van der Waals surface area contributed by atoms with Crippen LogP contribution in [0, 0.1) is 0 Å². The van der Waals surface area contributed by atoms with Crippen LogP contribution in [0.15, 0.2) is 72.9 Å². The number of hydrogen-bond acceptors (Lipinski definition) is 6. The molecular weight excluding hydrogens is 757 g/mol. The Kier molecular flexibility index (Phi) is 46.9. The Hall–Kier alpha value is -3.15. The zero-order valence-corrected chi connectivity index (χ0v) is 39.9. The van der Waals surface area contributed by atoms with E-state index < -0.39 is 6.10 Å². The van der Waals surface area contributed by atoms with Gasteiger partial charge in [-0.2, -0.15) is 0 Å². The lowest BCUT2D eigenvalue weighted by Gasteiger charge is -2.18. The third kappa shape index (κ3) is 47.7. The highest BCUT2D eigenvalue weighted by atomic mass is 16.6. The van der Waals surface area contributed by atoms with E-state index in [1.807, 2.05) is 0 Å². The van der Waals surface area contributed by atoms with E-state index in [1.165, 1.54) is 109 Å². The lowest BCUT2D eigenvalue weighted by Crippen LogP contribution is -2.30. The van der Waals surface area contributed by atoms with Crippen molar-refractivity contribution < 1.29 is 28.6 Å². The van der Waals surface area contributed by atoms with Crippen LogP contribution in [0.1, 0.15) is 239 Å². The van der Waals surface area contributed by atoms with Gasteiger partial charge in [0, 0.05) is 19.3 Å². The van der Waals surface area contributed by atoms with Crippen LogP contribution in [-0.4, -0.2) is 37.2 Å². The highest BCUT2D eigenvalue weighted by Gasteiger charge is 2.19. The molecule has 6 nitrogen and oxygen atoms in total. The third-order valence-electron chi connectivity index (χ3n) is 10.8. The van der Waals surface area contributed by atoms with E-state index in [2.05, 4.69) is 93.7 Å². The van der Waals surface area contributed by atoms with Gasteiger partial charge < -0.3 is 14.2 Å². The molecule has 61 heavy (non-hydrogen) atoms. The number of rotatable bonds is 45. The van der Waals surface area contributed by atoms with Crippen LogP contribution in [0.5, 0.6) is 0 Å². The van der Waals surface area contributed by atoms with E-state index in [9.17, 15) is 14.4 Å². The Balaban J connectivity index is 4.44. The minimum absolute atomic E-state index is 0.0903. The fraction of sp³-hybridized carbons (Fsp3) is 0.727. The smallest absolute Gasteiger partial charge is 0.306 e. The van der Waals surface area contributed by atoms with Gasteiger partial charge >= 0.3 is 17.9 Å². The van der Waals surface area contributed by atoms with Gasteiger partial charge in [-0.05, 0) is 89.9 Å². The Morgan fingerprint density at radius 3 is 1.08 bits per heavy atom. The van der Waals surface area contributed by atoms with E-state index in [1.54, 1.807) is 0 Å². The van der Waals surface area contributed by atoms with Crippen molar-refractivity contribution in [3.63, 3.8) is 0 Å². The Morgan fingerprint density at radius 2 is 0.656 bits per heavy atom. The van der Waals surface area contributed by atoms with Crippen LogP contribution in [0.2, 0.25) is 0 Å². The van der Waals surface area contributed by atoms with Gasteiger partial charge in [0.15, 0.2) is 6.10 Å². The largest absolute Gasteiger partial charge is 0.462 e. The van der Waals surface area contributed by atoms with Crippen molar-refractivity contribution in [2.45, 2.75) is 245 Å². The summed E-state index contributed by atoms with van der Waals surface area (Å²) in [6.07, 6.45) is 61.6. The van der Waals surface area contributed by atoms with Gasteiger partial charge in [-0.15, -0.1) is 0 Å². The minimum Gasteiger partial charge on any atom is -0.462 e. The van der Waals surface area contributed by atoms with Gasteiger partial charge in [-0.1, -0.05) is 203 Å². The van der Waals surface area contributed by atoms with E-state index in [-0.39, 0.29) is 31.1 Å². The molecule has 0 heterocycles. The molecule has 0 fully saturated rings. The maximum absolute atomic E-state index is 12.8. The molecule has 0 aliphatic rings. The topological polar surface area (TPSA) is 78.9 Å². The summed E-state index contributed by atoms with van der Waals surface area (Å²) in [6.45, 7) is 6.43. The van der Waals surface area contributed by atoms with Crippen LogP contribution in [-0.2, 0) is 28.6 Å². The Labute approximate surface area is 376 Å². The van der Waals surface area contributed by atoms with Gasteiger partial charge in [0.05, 0.1) is 0 Å². The van der Waals surface area contributed by atoms with Crippen molar-refractivity contribution in [2.75, 3.05) is 13.2 Å². The second-order valence-corrected chi connectivity index (χ2v) is 16.8. The van der Waals surface area contributed by atoms with Crippen LogP contribution >= 0.6 is 0 Å². The monoisotopic (exact) mass is 851 g/mol. The first kappa shape index (κ1) is 57.9. The molecule has 0 amide bonds. The molecule has 1 atom stereocenters. The van der Waals surface area contributed by atoms with Gasteiger partial charge in [0.25, 0.3) is 0 Å². The number of allylic oxidation sites excluding steroid dienone is 12. The molecule has 1 unspecified atom stereocenters. The first-order chi connectivity index (χ1) is 30.0. The number of esters is 3. The van der Waals surface area contributed by atoms with Crippen molar-refractivity contribution in [2.24, 2.45) is 0 Å². The fourth-order valence-electron chi connectivity index (χ4n) is 6.90. The predicted molar refractivity (Wildman–Crippen MR) is 261 cm³/mol. The summed E-state index contributed by atoms with van der Waals surface area (Å²) in [7, 11) is 0. The molecule has 0 aliphatic heterocycles. The van der Waals surface area contributed by atoms with Crippen molar-refractivity contribution >= 4 is 17.9 Å². The molecule has 0 aromatic carbocycles. The first-order valence-corrected chi connectivity index (χ1v) is 25.5. The summed E-state index contributed by atoms with van der Waals surface area (Å²) in [4.78, 5) is 37.9. The zero-order chi connectivity index (χ0) is 44.4. The minimum atomic E-state index is -0.790. The Bertz CT molecular complexity index is 1160. The van der Waals surface area contributed by atoms with Gasteiger partial charge in [0.1, 0.15) is 13.2 Å². The summed E-state index contributed by atoms with van der Waals surface area (Å²) in [5.74, 6) is -0.926. The third-order valence-corrected chi connectivity index (χ3v) is 10.8. The summed E-state index contributed by atoms with van der Waals surface area (Å²) < 4.78 is 16.8. The van der Waals surface area contributed by atoms with Crippen molar-refractivity contribution in [3.05, 3.63) is 72.9 Å². The van der Waals surface area contributed by atoms with Crippen molar-refractivity contribution in [1.82, 2.24) is 0 Å². The van der Waals surface area contributed by atoms with Gasteiger partial charge in [-0.25, -0.2) is 0 Å². The molecule has 0 aromatic rings. The molecule has 0 spiro atoms. The Morgan fingerprint density at radius 1 is 0.344 bits per heavy atom. The summed E-state index contributed by atoms with van der Waals surface area (Å²) in [6, 6.07) is 0. The quantitative estimate of drug-likeness (QED) is 0.0200. The highest BCUT2D eigenvalue weighted by molar-refractivity contribution is 5.71. The molecule has 0 saturated carbocycles. The fourth-order valence-corrected chi connectivity index (χ4v) is 6.90. The molecule has 0 rings (SSSR count). The van der Waals surface area contributed by atoms with Gasteiger partial charge in [-0.3, -0.25) is 14.4 Å². The SMILES string of the molecule is CC/C=C/C=C/C=C/CCCCCCCC(=O)OCC(COC(=O)CCCCCCCC/C=C/C=C/CCCCC)OC(=O)CCCCCCCCC/C=C/CCCCCC. The molecule has 0 saturated heterocycles. The number of ether oxygens (including phenoxy) is 3. The second-order valence-electron chi connectivity index (χ2n) is 16.8. The molecule has 0 radical (unpaired) electrons. The summed E-state index contributed by atoms with van der Waals surface area (Å²) >= 11 is 0. The van der Waals surface area contributed by atoms with E-state index in [4.69, 9.17) is 14.2 Å². The molecule has 0 N–H and O–H groups in total. The molecule has 0 bridgehead atoms. The molecule has 6 heteroatoms.